The lowest BCUT2D eigenvalue weighted by Gasteiger charge is -2.38. The van der Waals surface area contributed by atoms with Gasteiger partial charge in [-0.1, -0.05) is 13.2 Å². The molecule has 7 nitrogen and oxygen atoms in total. The number of carbonyl (C=O) groups is 2. The van der Waals surface area contributed by atoms with Crippen LogP contribution in [0.4, 0.5) is 0 Å². The minimum atomic E-state index is -2.31. The van der Waals surface area contributed by atoms with E-state index in [1.807, 2.05) is 26.2 Å². The standard InChI is InChI=1S/C15H31NO6Si4/c1-12(2)14(17)16(15(18)13(3)4)10-9-11-24-19-23-20-25(5,6)22-26(7,8)21-24/h24H,1,3,9-11,23H2,2,4-8H3. The van der Waals surface area contributed by atoms with E-state index in [9.17, 15) is 9.59 Å². The molecule has 1 heterocycles. The summed E-state index contributed by atoms with van der Waals surface area (Å²) in [6.45, 7) is 18.8. The lowest BCUT2D eigenvalue weighted by Crippen LogP contribution is -2.55. The second kappa shape index (κ2) is 9.50. The van der Waals surface area contributed by atoms with Gasteiger partial charge in [-0.05, 0) is 52.5 Å². The Balaban J connectivity index is 2.68. The molecule has 1 rings (SSSR count). The number of carbonyl (C=O) groups excluding carboxylic acids is 2. The third-order valence-corrected chi connectivity index (χ3v) is 17.0. The van der Waals surface area contributed by atoms with Crippen LogP contribution in [0, 0.1) is 0 Å². The van der Waals surface area contributed by atoms with Crippen LogP contribution in [-0.4, -0.2) is 59.7 Å². The van der Waals surface area contributed by atoms with Gasteiger partial charge in [0.25, 0.3) is 21.8 Å². The van der Waals surface area contributed by atoms with E-state index in [0.717, 1.165) is 0 Å². The van der Waals surface area contributed by atoms with Gasteiger partial charge < -0.3 is 16.5 Å². The minimum absolute atomic E-state index is 0.291. The van der Waals surface area contributed by atoms with Gasteiger partial charge in [-0.2, -0.15) is 0 Å². The average molecular weight is 434 g/mol. The zero-order chi connectivity index (χ0) is 20.1. The molecule has 26 heavy (non-hydrogen) atoms. The van der Waals surface area contributed by atoms with Crippen molar-refractivity contribution < 1.29 is 26.0 Å². The Morgan fingerprint density at radius 1 is 1.04 bits per heavy atom. The maximum Gasteiger partial charge on any atom is 0.313 e. The first-order valence-corrected chi connectivity index (χ1v) is 17.2. The van der Waals surface area contributed by atoms with E-state index in [1.165, 1.54) is 4.90 Å². The second-order valence-electron chi connectivity index (χ2n) is 7.34. The van der Waals surface area contributed by atoms with Crippen molar-refractivity contribution >= 4 is 48.2 Å². The summed E-state index contributed by atoms with van der Waals surface area (Å²) in [5.74, 6) is -0.745. The maximum absolute atomic E-state index is 12.2. The normalized spacial score (nSPS) is 22.9. The highest BCUT2D eigenvalue weighted by Gasteiger charge is 2.40. The summed E-state index contributed by atoms with van der Waals surface area (Å²) in [5, 5.41) is 0. The summed E-state index contributed by atoms with van der Waals surface area (Å²) in [7, 11) is -7.56. The Hall–Kier alpha value is -0.672. The molecule has 0 N–H and O–H groups in total. The number of amides is 2. The first-order valence-electron chi connectivity index (χ1n) is 8.65. The maximum atomic E-state index is 12.2. The van der Waals surface area contributed by atoms with Gasteiger partial charge in [0, 0.05) is 17.7 Å². The van der Waals surface area contributed by atoms with Crippen molar-refractivity contribution in [2.45, 2.75) is 52.5 Å². The van der Waals surface area contributed by atoms with E-state index in [2.05, 4.69) is 13.2 Å². The number of nitrogens with zero attached hydrogens (tertiary/aromatic N) is 1. The van der Waals surface area contributed by atoms with E-state index in [0.29, 0.717) is 30.2 Å². The molecule has 0 bridgehead atoms. The quantitative estimate of drug-likeness (QED) is 0.468. The van der Waals surface area contributed by atoms with Crippen LogP contribution in [0.25, 0.3) is 0 Å². The lowest BCUT2D eigenvalue weighted by atomic mass is 10.2. The molecule has 1 atom stereocenters. The number of hydrogen-bond donors (Lipinski definition) is 0. The van der Waals surface area contributed by atoms with E-state index >= 15 is 0 Å². The molecule has 1 aliphatic heterocycles. The first kappa shape index (κ1) is 23.4. The summed E-state index contributed by atoms with van der Waals surface area (Å²) in [5.41, 5.74) is 0.649. The van der Waals surface area contributed by atoms with Gasteiger partial charge in [-0.3, -0.25) is 14.5 Å². The highest BCUT2D eigenvalue weighted by molar-refractivity contribution is 6.84. The smallest absolute Gasteiger partial charge is 0.313 e. The SMILES string of the molecule is C=C(C)C(=O)N(CCC[SiH]1O[SiH2]O[Si](C)(C)O[Si](C)(C)O1)C(=O)C(=C)C. The molecule has 0 spiro atoms. The molecule has 0 radical (unpaired) electrons. The van der Waals surface area contributed by atoms with Crippen molar-refractivity contribution in [3.05, 3.63) is 24.3 Å². The summed E-state index contributed by atoms with van der Waals surface area (Å²) in [4.78, 5) is 25.7. The summed E-state index contributed by atoms with van der Waals surface area (Å²) in [6, 6.07) is 0.682. The van der Waals surface area contributed by atoms with E-state index < -0.39 is 36.4 Å². The summed E-state index contributed by atoms with van der Waals surface area (Å²) in [6.07, 6.45) is 0.606. The van der Waals surface area contributed by atoms with Crippen LogP contribution in [0.3, 0.4) is 0 Å². The molecule has 148 valence electrons. The zero-order valence-corrected chi connectivity index (χ0v) is 21.3. The molecule has 2 amide bonds. The van der Waals surface area contributed by atoms with Gasteiger partial charge in [0.2, 0.25) is 0 Å². The van der Waals surface area contributed by atoms with Crippen molar-refractivity contribution in [3.8, 4) is 0 Å². The molecule has 1 saturated heterocycles. The fourth-order valence-corrected chi connectivity index (χ4v) is 16.4. The Labute approximate surface area is 162 Å². The predicted octanol–water partition coefficient (Wildman–Crippen LogP) is 1.59. The summed E-state index contributed by atoms with van der Waals surface area (Å²) >= 11 is 0. The fourth-order valence-electron chi connectivity index (χ4n) is 2.56. The molecule has 1 unspecified atom stereocenters. The van der Waals surface area contributed by atoms with Crippen LogP contribution >= 0.6 is 0 Å². The first-order chi connectivity index (χ1) is 11.8. The van der Waals surface area contributed by atoms with Crippen LogP contribution in [0.15, 0.2) is 24.3 Å². The highest BCUT2D eigenvalue weighted by Crippen LogP contribution is 2.21. The minimum Gasteiger partial charge on any atom is -0.422 e. The van der Waals surface area contributed by atoms with E-state index in [-0.39, 0.29) is 11.8 Å². The van der Waals surface area contributed by atoms with Gasteiger partial charge in [0.15, 0.2) is 0 Å². The van der Waals surface area contributed by atoms with Gasteiger partial charge in [-0.25, -0.2) is 0 Å². The van der Waals surface area contributed by atoms with Gasteiger partial charge in [0.1, 0.15) is 0 Å². The van der Waals surface area contributed by atoms with Crippen LogP contribution in [-0.2, 0) is 26.0 Å². The molecule has 1 aliphatic rings. The highest BCUT2D eigenvalue weighted by atomic mass is 28.5. The number of rotatable bonds is 6. The third kappa shape index (κ3) is 7.52. The Kier molecular flexibility index (Phi) is 8.54. The van der Waals surface area contributed by atoms with Crippen molar-refractivity contribution in [3.63, 3.8) is 0 Å². The van der Waals surface area contributed by atoms with Crippen molar-refractivity contribution in [2.24, 2.45) is 0 Å². The van der Waals surface area contributed by atoms with Crippen LogP contribution < -0.4 is 0 Å². The molecule has 0 aromatic rings. The lowest BCUT2D eigenvalue weighted by molar-refractivity contribution is -0.140. The van der Waals surface area contributed by atoms with E-state index in [4.69, 9.17) is 16.5 Å². The van der Waals surface area contributed by atoms with E-state index in [1.54, 1.807) is 13.8 Å². The molecule has 0 aliphatic carbocycles. The Morgan fingerprint density at radius 3 is 2.08 bits per heavy atom. The van der Waals surface area contributed by atoms with Gasteiger partial charge in [-0.15, -0.1) is 0 Å². The van der Waals surface area contributed by atoms with Crippen LogP contribution in [0.5, 0.6) is 0 Å². The molecule has 1 fully saturated rings. The summed E-state index contributed by atoms with van der Waals surface area (Å²) < 4.78 is 24.2. The molecule has 0 aromatic heterocycles. The largest absolute Gasteiger partial charge is 0.422 e. The predicted molar refractivity (Wildman–Crippen MR) is 111 cm³/mol. The average Bonchev–Trinajstić information content (AvgIpc) is 2.46. The second-order valence-corrected chi connectivity index (χ2v) is 18.9. The van der Waals surface area contributed by atoms with Gasteiger partial charge >= 0.3 is 26.4 Å². The monoisotopic (exact) mass is 433 g/mol. The van der Waals surface area contributed by atoms with Crippen molar-refractivity contribution in [1.29, 1.82) is 0 Å². The van der Waals surface area contributed by atoms with Crippen LogP contribution in [0.2, 0.25) is 32.2 Å². The Morgan fingerprint density at radius 2 is 1.58 bits per heavy atom. The third-order valence-electron chi connectivity index (χ3n) is 3.61. The Bertz CT molecular complexity index is 554. The molecule has 11 heteroatoms. The van der Waals surface area contributed by atoms with Gasteiger partial charge in [0.05, 0.1) is 0 Å². The molecular weight excluding hydrogens is 403 g/mol. The van der Waals surface area contributed by atoms with Crippen molar-refractivity contribution in [1.82, 2.24) is 4.90 Å². The molecule has 0 saturated carbocycles. The molecule has 0 aromatic carbocycles. The number of imide groups is 1. The zero-order valence-electron chi connectivity index (χ0n) is 16.7. The topological polar surface area (TPSA) is 74.3 Å². The fraction of sp³-hybridized carbons (Fsp3) is 0.600. The molecular formula is C15H31NO6Si4. The van der Waals surface area contributed by atoms with Crippen molar-refractivity contribution in [2.75, 3.05) is 6.54 Å². The number of hydrogen-bond acceptors (Lipinski definition) is 6. The van der Waals surface area contributed by atoms with Crippen LogP contribution in [0.1, 0.15) is 20.3 Å².